The Balaban J connectivity index is 0.854. The first kappa shape index (κ1) is 71.8. The van der Waals surface area contributed by atoms with Crippen molar-refractivity contribution in [3.8, 4) is 0 Å². The summed E-state index contributed by atoms with van der Waals surface area (Å²) in [4.78, 5) is 14.2. The van der Waals surface area contributed by atoms with Gasteiger partial charge in [0.2, 0.25) is 0 Å². The van der Waals surface area contributed by atoms with Gasteiger partial charge in [-0.25, -0.2) is 0 Å². The van der Waals surface area contributed by atoms with Crippen LogP contribution < -0.4 is 0 Å². The number of aliphatic hydroxyl groups excluding tert-OH is 12. The first-order valence-electron chi connectivity index (χ1n) is 34.5. The van der Waals surface area contributed by atoms with E-state index >= 15 is 0 Å². The SMILES string of the molecule is CC1O[C@@H](C[C@]23CCC(C)(C)C[C@H]2C2=CC[C@@H]4[C@@]5(C)CC[C@H](O[C@@H]6OC(C)[C@@H](O)[C@H](O[C@@H]7OC[C@@H](O)[C@H](O)C7O)C6O[C@@H]6OC(CO)[C@H](O)[C@H](O)C6O)[C@@](C)(C=O)[C@@H]5CC[C@@]4(C)[C@]2(C)C[C@H]3O)C(O[C@@H]2OC(C)[C@H](O[C@@H]3OC[C@@H](O)C(C)C3O)C(C)C2O)C(C)[C@H]1C. The zero-order valence-electron chi connectivity index (χ0n) is 56.2. The molecule has 6 aliphatic heterocycles. The first-order chi connectivity index (χ1) is 43.1. The van der Waals surface area contributed by atoms with Gasteiger partial charge in [-0.05, 0) is 136 Å². The molecule has 24 heteroatoms. The maximum atomic E-state index is 14.2. The van der Waals surface area contributed by atoms with E-state index < -0.39 is 200 Å². The molecule has 38 atom stereocenters. The summed E-state index contributed by atoms with van der Waals surface area (Å²) in [6, 6.07) is 0. The summed E-state index contributed by atoms with van der Waals surface area (Å²) in [5, 5.41) is 134. The lowest BCUT2D eigenvalue weighted by Gasteiger charge is -2.72. The maximum Gasteiger partial charge on any atom is 0.187 e. The minimum Gasteiger partial charge on any atom is -0.394 e. The second-order valence-corrected chi connectivity index (χ2v) is 32.3. The second-order valence-electron chi connectivity index (χ2n) is 32.3. The molecule has 11 rings (SSSR count). The van der Waals surface area contributed by atoms with Gasteiger partial charge in [-0.2, -0.15) is 0 Å². The van der Waals surface area contributed by atoms with Gasteiger partial charge >= 0.3 is 0 Å². The topological polar surface area (TPSA) is 361 Å². The average Bonchev–Trinajstić information content (AvgIpc) is 0.673. The number of hydrogen-bond acceptors (Lipinski definition) is 24. The summed E-state index contributed by atoms with van der Waals surface area (Å²) in [6.07, 6.45) is -21.1. The fourth-order valence-electron chi connectivity index (χ4n) is 20.1. The van der Waals surface area contributed by atoms with Gasteiger partial charge in [-0.15, -0.1) is 0 Å². The van der Waals surface area contributed by atoms with Crippen molar-refractivity contribution in [2.24, 2.45) is 73.9 Å². The number of aldehydes is 1. The number of ether oxygens (including phenoxy) is 11. The highest BCUT2D eigenvalue weighted by Gasteiger charge is 2.72. The average molecular weight is 1310 g/mol. The molecule has 10 fully saturated rings. The fourth-order valence-corrected chi connectivity index (χ4v) is 20.1. The number of hydrogen-bond donors (Lipinski definition) is 12. The van der Waals surface area contributed by atoms with Crippen LogP contribution in [0.3, 0.4) is 0 Å². The highest BCUT2D eigenvalue weighted by molar-refractivity contribution is 5.61. The second kappa shape index (κ2) is 26.5. The molecule has 12 N–H and O–H groups in total. The molecule has 13 unspecified atom stereocenters. The van der Waals surface area contributed by atoms with Crippen molar-refractivity contribution in [3.63, 3.8) is 0 Å². The summed E-state index contributed by atoms with van der Waals surface area (Å²) in [7, 11) is 0. The summed E-state index contributed by atoms with van der Waals surface area (Å²) >= 11 is 0. The molecule has 0 amide bonds. The van der Waals surface area contributed by atoms with Crippen LogP contribution in [-0.4, -0.2) is 247 Å². The van der Waals surface area contributed by atoms with Crippen LogP contribution >= 0.6 is 0 Å². The monoisotopic (exact) mass is 1310 g/mol. The third-order valence-corrected chi connectivity index (χ3v) is 26.7. The highest BCUT2D eigenvalue weighted by Crippen LogP contribution is 2.76. The predicted octanol–water partition coefficient (Wildman–Crippen LogP) is 2.11. The third kappa shape index (κ3) is 12.0. The van der Waals surface area contributed by atoms with E-state index in [1.165, 1.54) is 5.57 Å². The number of carbonyl (C=O) groups is 1. The molecule has 0 aromatic carbocycles. The van der Waals surface area contributed by atoms with Crippen molar-refractivity contribution < 1.29 is 118 Å². The Labute approximate surface area is 541 Å². The zero-order valence-corrected chi connectivity index (χ0v) is 56.2. The molecular weight excluding hydrogens is 1200 g/mol. The Morgan fingerprint density at radius 3 is 1.80 bits per heavy atom. The van der Waals surface area contributed by atoms with Crippen molar-refractivity contribution >= 4 is 6.29 Å². The van der Waals surface area contributed by atoms with Crippen LogP contribution in [0, 0.1) is 73.9 Å². The predicted molar refractivity (Wildman–Crippen MR) is 325 cm³/mol. The lowest BCUT2D eigenvalue weighted by molar-refractivity contribution is -0.392. The minimum atomic E-state index is -1.90. The molecular formula is C68H112O24. The standard InChI is InChI=1S/C68H112O24/c1-29-30(2)55(90-60-47(75)32(4)54(35(7)86-60)89-58-46(74)31(3)38(71)26-82-58)40(84-33(29)5)23-68-21-20-63(8,9)22-37(68)36-14-15-43-64(10)18-17-45(65(11,28-70)42(64)16-19-66(43,12)67(36,13)24-44(68)73)88-62-57(92-61-53(81)51(79)50(78)41(25-69)87-61)56(48(76)34(6)85-62)91-59-52(80)49(77)39(72)27-83-59/h14,28-35,37-62,69,71-81H,15-27H2,1-13H3/t29-,30?,31?,32?,33?,34?,35?,37+,38-,39-,40+,41?,42-,43-,44-,45+,46?,47?,48-,49+,50+,51+,52?,53?,54-,55?,56+,57?,58+,59+,60+,61+,62+,64+,65+,66-,67-,68-/m1/s1. The van der Waals surface area contributed by atoms with E-state index in [-0.39, 0.29) is 53.1 Å². The van der Waals surface area contributed by atoms with E-state index in [4.69, 9.17) is 52.1 Å². The van der Waals surface area contributed by atoms with Crippen molar-refractivity contribution in [1.29, 1.82) is 0 Å². The molecule has 0 radical (unpaired) electrons. The summed E-state index contributed by atoms with van der Waals surface area (Å²) in [6.45, 7) is 26.0. The van der Waals surface area contributed by atoms with Gasteiger partial charge in [0.15, 0.2) is 31.5 Å². The molecule has 24 nitrogen and oxygen atoms in total. The lowest BCUT2D eigenvalue weighted by Crippen LogP contribution is -2.68. The number of fused-ring (bicyclic) bond motifs is 7. The lowest BCUT2D eigenvalue weighted by atomic mass is 9.33. The van der Waals surface area contributed by atoms with E-state index in [9.17, 15) is 66.1 Å². The molecule has 11 aliphatic rings. The number of allylic oxidation sites excluding steroid dienone is 2. The van der Waals surface area contributed by atoms with Crippen molar-refractivity contribution in [2.45, 2.75) is 314 Å². The fraction of sp³-hybridized carbons (Fsp3) is 0.956. The molecule has 0 aromatic heterocycles. The molecule has 528 valence electrons. The highest BCUT2D eigenvalue weighted by atomic mass is 16.8. The van der Waals surface area contributed by atoms with E-state index in [0.29, 0.717) is 32.1 Å². The van der Waals surface area contributed by atoms with Gasteiger partial charge in [0, 0.05) is 17.3 Å². The van der Waals surface area contributed by atoms with Crippen LogP contribution in [-0.2, 0) is 56.9 Å². The molecule has 4 saturated carbocycles. The molecule has 0 bridgehead atoms. The largest absolute Gasteiger partial charge is 0.394 e. The van der Waals surface area contributed by atoms with Crippen LogP contribution in [0.25, 0.3) is 0 Å². The van der Waals surface area contributed by atoms with Crippen LogP contribution in [0.15, 0.2) is 11.6 Å². The van der Waals surface area contributed by atoms with Crippen molar-refractivity contribution in [1.82, 2.24) is 0 Å². The molecule has 6 saturated heterocycles. The van der Waals surface area contributed by atoms with Crippen LogP contribution in [0.4, 0.5) is 0 Å². The van der Waals surface area contributed by atoms with Crippen molar-refractivity contribution in [3.05, 3.63) is 11.6 Å². The minimum absolute atomic E-state index is 0.00972. The van der Waals surface area contributed by atoms with Crippen LogP contribution in [0.2, 0.25) is 0 Å². The number of rotatable bonds is 14. The molecule has 0 aromatic rings. The smallest absolute Gasteiger partial charge is 0.187 e. The van der Waals surface area contributed by atoms with E-state index in [0.717, 1.165) is 38.4 Å². The van der Waals surface area contributed by atoms with E-state index in [2.05, 4.69) is 61.5 Å². The molecule has 6 heterocycles. The van der Waals surface area contributed by atoms with Crippen molar-refractivity contribution in [2.75, 3.05) is 19.8 Å². The summed E-state index contributed by atoms with van der Waals surface area (Å²) < 4.78 is 70.2. The van der Waals surface area contributed by atoms with Gasteiger partial charge < -0.3 is 118 Å². The van der Waals surface area contributed by atoms with Gasteiger partial charge in [0.05, 0.1) is 80.2 Å². The van der Waals surface area contributed by atoms with Crippen LogP contribution in [0.5, 0.6) is 0 Å². The Morgan fingerprint density at radius 2 is 1.12 bits per heavy atom. The Bertz CT molecular complexity index is 2580. The maximum absolute atomic E-state index is 14.2. The van der Waals surface area contributed by atoms with Gasteiger partial charge in [0.1, 0.15) is 79.5 Å². The Morgan fingerprint density at radius 1 is 0.511 bits per heavy atom. The zero-order chi connectivity index (χ0) is 67.0. The van der Waals surface area contributed by atoms with E-state index in [1.807, 2.05) is 20.8 Å². The van der Waals surface area contributed by atoms with Gasteiger partial charge in [-0.1, -0.05) is 80.9 Å². The van der Waals surface area contributed by atoms with Gasteiger partial charge in [-0.3, -0.25) is 0 Å². The quantitative estimate of drug-likeness (QED) is 0.0673. The molecule has 92 heavy (non-hydrogen) atoms. The Kier molecular flexibility index (Phi) is 20.7. The van der Waals surface area contributed by atoms with Gasteiger partial charge in [0.25, 0.3) is 0 Å². The Hall–Kier alpha value is -1.51. The molecule has 0 spiro atoms. The number of carbonyl (C=O) groups excluding carboxylic acids is 1. The normalized spacial score (nSPS) is 57.1. The first-order valence-corrected chi connectivity index (χ1v) is 34.5. The summed E-state index contributed by atoms with van der Waals surface area (Å²) in [5.74, 6) is -1.07. The third-order valence-electron chi connectivity index (χ3n) is 26.7. The number of aliphatic hydroxyl groups is 12. The van der Waals surface area contributed by atoms with E-state index in [1.54, 1.807) is 13.8 Å². The summed E-state index contributed by atoms with van der Waals surface area (Å²) in [5.41, 5.74) is -1.64. The van der Waals surface area contributed by atoms with Crippen LogP contribution in [0.1, 0.15) is 154 Å². The molecule has 5 aliphatic carbocycles.